The van der Waals surface area contributed by atoms with Gasteiger partial charge in [-0.3, -0.25) is 9.59 Å². The normalized spacial score (nSPS) is 11.1. The molecule has 6 N–H and O–H groups in total. The van der Waals surface area contributed by atoms with Gasteiger partial charge >= 0.3 is 0 Å². The Morgan fingerprint density at radius 3 is 2.50 bits per heavy atom. The Balaban J connectivity index is 1.69. The molecule has 0 fully saturated rings. The first-order valence-corrected chi connectivity index (χ1v) is 11.0. The number of hydrogen-bond acceptors (Lipinski definition) is 6. The van der Waals surface area contributed by atoms with Crippen LogP contribution in [0.4, 0.5) is 11.4 Å². The number of nitrogens with one attached hydrogen (secondary N) is 2. The highest BCUT2D eigenvalue weighted by Crippen LogP contribution is 2.30. The second-order valence-electron chi connectivity index (χ2n) is 7.31. The number of carbonyl (C=O) groups is 2. The van der Waals surface area contributed by atoms with Crippen LogP contribution in [0.25, 0.3) is 10.4 Å². The molecule has 1 heterocycles. The van der Waals surface area contributed by atoms with E-state index in [9.17, 15) is 9.59 Å². The molecule has 0 radical (unpaired) electrons. The fraction of sp³-hybridized carbons (Fsp3) is 0.167. The van der Waals surface area contributed by atoms with Gasteiger partial charge in [-0.05, 0) is 46.8 Å². The Kier molecular flexibility index (Phi) is 7.51. The maximum Gasteiger partial charge on any atom is 0.255 e. The molecule has 0 bridgehead atoms. The van der Waals surface area contributed by atoms with E-state index in [1.165, 1.54) is 6.92 Å². The summed E-state index contributed by atoms with van der Waals surface area (Å²) >= 11 is 1.62. The largest absolute Gasteiger partial charge is 0.399 e. The van der Waals surface area contributed by atoms with Gasteiger partial charge in [0, 0.05) is 42.9 Å². The Morgan fingerprint density at radius 2 is 1.88 bits per heavy atom. The predicted octanol–water partition coefficient (Wildman–Crippen LogP) is 3.62. The molecule has 7 nitrogen and oxygen atoms in total. The number of hydrogen-bond donors (Lipinski definition) is 4. The van der Waals surface area contributed by atoms with Crippen LogP contribution >= 0.6 is 11.3 Å². The number of anilines is 2. The van der Waals surface area contributed by atoms with E-state index in [1.54, 1.807) is 47.7 Å². The Morgan fingerprint density at radius 1 is 1.12 bits per heavy atom. The molecule has 0 saturated carbocycles. The van der Waals surface area contributed by atoms with Crippen molar-refractivity contribution >= 4 is 34.5 Å². The highest BCUT2D eigenvalue weighted by molar-refractivity contribution is 7.13. The molecule has 0 aliphatic heterocycles. The van der Waals surface area contributed by atoms with Gasteiger partial charge in [-0.25, -0.2) is 0 Å². The van der Waals surface area contributed by atoms with E-state index in [0.29, 0.717) is 35.7 Å². The molecule has 3 rings (SSSR count). The standard InChI is InChI=1S/C24H27N5O2S/c1-16(30)29(15-20(25)13-27-2)14-17-5-7-18(8-6-17)24(31)28-22-12-19(9-10-21(22)26)23-4-3-11-32-23/h3-13,27H,14-15,25-26H2,1-2H3,(H,28,31)/b20-13-. The van der Waals surface area contributed by atoms with Crippen molar-refractivity contribution in [3.05, 3.63) is 83.0 Å². The number of nitrogen functional groups attached to an aromatic ring is 1. The van der Waals surface area contributed by atoms with Crippen LogP contribution in [-0.4, -0.2) is 30.3 Å². The second-order valence-corrected chi connectivity index (χ2v) is 8.26. The van der Waals surface area contributed by atoms with Crippen molar-refractivity contribution in [3.63, 3.8) is 0 Å². The molecule has 0 aliphatic rings. The smallest absolute Gasteiger partial charge is 0.255 e. The minimum atomic E-state index is -0.254. The molecule has 0 atom stereocenters. The minimum Gasteiger partial charge on any atom is -0.399 e. The quantitative estimate of drug-likeness (QED) is 0.392. The molecular weight excluding hydrogens is 422 g/mol. The average molecular weight is 450 g/mol. The van der Waals surface area contributed by atoms with Gasteiger partial charge in [-0.2, -0.15) is 0 Å². The Hall–Kier alpha value is -3.78. The zero-order valence-corrected chi connectivity index (χ0v) is 18.9. The number of benzene rings is 2. The summed E-state index contributed by atoms with van der Waals surface area (Å²) in [5, 5.41) is 7.75. The lowest BCUT2D eigenvalue weighted by Gasteiger charge is -2.21. The van der Waals surface area contributed by atoms with E-state index in [2.05, 4.69) is 10.6 Å². The maximum absolute atomic E-state index is 12.8. The van der Waals surface area contributed by atoms with Gasteiger partial charge in [0.2, 0.25) is 5.91 Å². The van der Waals surface area contributed by atoms with Gasteiger partial charge in [0.05, 0.1) is 17.9 Å². The lowest BCUT2D eigenvalue weighted by molar-refractivity contribution is -0.129. The van der Waals surface area contributed by atoms with Gasteiger partial charge in [0.25, 0.3) is 5.91 Å². The van der Waals surface area contributed by atoms with E-state index in [1.807, 2.05) is 41.8 Å². The third-order valence-corrected chi connectivity index (χ3v) is 5.76. The SMILES string of the molecule is CN/C=C(\N)CN(Cc1ccc(C(=O)Nc2cc(-c3cccs3)ccc2N)cc1)C(C)=O. The summed E-state index contributed by atoms with van der Waals surface area (Å²) in [5.41, 5.74) is 16.0. The first-order valence-electron chi connectivity index (χ1n) is 10.1. The highest BCUT2D eigenvalue weighted by Gasteiger charge is 2.13. The van der Waals surface area contributed by atoms with E-state index in [4.69, 9.17) is 11.5 Å². The molecule has 0 spiro atoms. The van der Waals surface area contributed by atoms with Crippen molar-refractivity contribution in [2.24, 2.45) is 5.73 Å². The lowest BCUT2D eigenvalue weighted by atomic mass is 10.1. The summed E-state index contributed by atoms with van der Waals surface area (Å²) in [5.74, 6) is -0.337. The van der Waals surface area contributed by atoms with Gasteiger partial charge in [-0.15, -0.1) is 11.3 Å². The molecule has 0 aliphatic carbocycles. The van der Waals surface area contributed by atoms with Crippen LogP contribution in [0.5, 0.6) is 0 Å². The van der Waals surface area contributed by atoms with Crippen LogP contribution in [0.1, 0.15) is 22.8 Å². The first-order chi connectivity index (χ1) is 15.4. The van der Waals surface area contributed by atoms with Crippen LogP contribution in [0.2, 0.25) is 0 Å². The van der Waals surface area contributed by atoms with Crippen LogP contribution in [0.3, 0.4) is 0 Å². The molecule has 2 amide bonds. The van der Waals surface area contributed by atoms with E-state index >= 15 is 0 Å². The third-order valence-electron chi connectivity index (χ3n) is 4.85. The summed E-state index contributed by atoms with van der Waals surface area (Å²) in [4.78, 5) is 27.5. The molecule has 3 aromatic rings. The highest BCUT2D eigenvalue weighted by atomic mass is 32.1. The van der Waals surface area contributed by atoms with Gasteiger partial charge in [0.1, 0.15) is 0 Å². The zero-order chi connectivity index (χ0) is 23.1. The van der Waals surface area contributed by atoms with Crippen molar-refractivity contribution in [1.82, 2.24) is 10.2 Å². The molecule has 0 saturated heterocycles. The zero-order valence-electron chi connectivity index (χ0n) is 18.1. The number of nitrogens with two attached hydrogens (primary N) is 2. The second kappa shape index (κ2) is 10.5. The van der Waals surface area contributed by atoms with Crippen molar-refractivity contribution in [2.45, 2.75) is 13.5 Å². The molecule has 2 aromatic carbocycles. The lowest BCUT2D eigenvalue weighted by Crippen LogP contribution is -2.32. The molecule has 32 heavy (non-hydrogen) atoms. The van der Waals surface area contributed by atoms with Crippen molar-refractivity contribution in [3.8, 4) is 10.4 Å². The minimum absolute atomic E-state index is 0.0830. The number of nitrogens with zero attached hydrogens (tertiary/aromatic N) is 1. The van der Waals surface area contributed by atoms with Crippen molar-refractivity contribution in [1.29, 1.82) is 0 Å². The fourth-order valence-corrected chi connectivity index (χ4v) is 3.89. The average Bonchev–Trinajstić information content (AvgIpc) is 3.30. The maximum atomic E-state index is 12.8. The van der Waals surface area contributed by atoms with Gasteiger partial charge in [0.15, 0.2) is 0 Å². The van der Waals surface area contributed by atoms with Crippen LogP contribution in [0.15, 0.2) is 71.9 Å². The topological polar surface area (TPSA) is 113 Å². The van der Waals surface area contributed by atoms with Crippen LogP contribution < -0.4 is 22.1 Å². The van der Waals surface area contributed by atoms with Crippen molar-refractivity contribution in [2.75, 3.05) is 24.6 Å². The molecule has 8 heteroatoms. The molecule has 0 unspecified atom stereocenters. The number of thiophene rings is 1. The van der Waals surface area contributed by atoms with E-state index in [0.717, 1.165) is 16.0 Å². The summed E-state index contributed by atoms with van der Waals surface area (Å²) < 4.78 is 0. The number of carbonyl (C=O) groups excluding carboxylic acids is 2. The first kappa shape index (κ1) is 22.9. The number of amides is 2. The van der Waals surface area contributed by atoms with Crippen LogP contribution in [0, 0.1) is 0 Å². The summed E-state index contributed by atoms with van der Waals surface area (Å²) in [6.07, 6.45) is 1.66. The summed E-state index contributed by atoms with van der Waals surface area (Å²) in [7, 11) is 1.75. The monoisotopic (exact) mass is 449 g/mol. The predicted molar refractivity (Wildman–Crippen MR) is 131 cm³/mol. The molecular formula is C24H27N5O2S. The summed E-state index contributed by atoms with van der Waals surface area (Å²) in [6.45, 7) is 2.22. The Labute approximate surface area is 191 Å². The van der Waals surface area contributed by atoms with Crippen molar-refractivity contribution < 1.29 is 9.59 Å². The molecule has 1 aromatic heterocycles. The van der Waals surface area contributed by atoms with Gasteiger partial charge < -0.3 is 27.0 Å². The molecule has 166 valence electrons. The van der Waals surface area contributed by atoms with Crippen LogP contribution in [-0.2, 0) is 11.3 Å². The van der Waals surface area contributed by atoms with E-state index in [-0.39, 0.29) is 11.8 Å². The van der Waals surface area contributed by atoms with Gasteiger partial charge in [-0.1, -0.05) is 24.3 Å². The number of rotatable bonds is 8. The Bertz CT molecular complexity index is 1110. The summed E-state index contributed by atoms with van der Waals surface area (Å²) in [6, 6.07) is 16.7. The fourth-order valence-electron chi connectivity index (χ4n) is 3.17. The van der Waals surface area contributed by atoms with E-state index < -0.39 is 0 Å². The third kappa shape index (κ3) is 5.89.